The summed E-state index contributed by atoms with van der Waals surface area (Å²) in [6.07, 6.45) is 5.84. The summed E-state index contributed by atoms with van der Waals surface area (Å²) in [6, 6.07) is 10.1. The molecule has 0 N–H and O–H groups in total. The van der Waals surface area contributed by atoms with E-state index in [1.54, 1.807) is 0 Å². The SMILES string of the molecule is CC(=C=O)CC/C=C/c1ccccc1. The van der Waals surface area contributed by atoms with Gasteiger partial charge in [-0.25, -0.2) is 4.79 Å². The van der Waals surface area contributed by atoms with Gasteiger partial charge in [0.05, 0.1) is 0 Å². The molecule has 14 heavy (non-hydrogen) atoms. The van der Waals surface area contributed by atoms with Crippen molar-refractivity contribution in [3.05, 3.63) is 47.5 Å². The zero-order chi connectivity index (χ0) is 10.2. The minimum absolute atomic E-state index is 0.780. The molecule has 0 aromatic heterocycles. The molecule has 0 atom stereocenters. The van der Waals surface area contributed by atoms with E-state index in [0.29, 0.717) is 0 Å². The van der Waals surface area contributed by atoms with Crippen LogP contribution in [0.5, 0.6) is 0 Å². The van der Waals surface area contributed by atoms with Crippen LogP contribution in [0, 0.1) is 0 Å². The van der Waals surface area contributed by atoms with Crippen LogP contribution in [-0.4, -0.2) is 5.94 Å². The number of benzene rings is 1. The van der Waals surface area contributed by atoms with E-state index < -0.39 is 0 Å². The molecule has 1 aromatic carbocycles. The maximum absolute atomic E-state index is 10.2. The molecule has 1 heteroatoms. The van der Waals surface area contributed by atoms with E-state index in [-0.39, 0.29) is 0 Å². The van der Waals surface area contributed by atoms with E-state index in [4.69, 9.17) is 0 Å². The van der Waals surface area contributed by atoms with E-state index in [1.807, 2.05) is 31.1 Å². The van der Waals surface area contributed by atoms with Gasteiger partial charge in [-0.1, -0.05) is 42.5 Å². The van der Waals surface area contributed by atoms with Crippen LogP contribution in [0.1, 0.15) is 25.3 Å². The van der Waals surface area contributed by atoms with Crippen molar-refractivity contribution in [2.24, 2.45) is 0 Å². The smallest absolute Gasteiger partial charge is 0.123 e. The third-order valence-corrected chi connectivity index (χ3v) is 1.97. The molecule has 0 aliphatic carbocycles. The van der Waals surface area contributed by atoms with Crippen molar-refractivity contribution < 1.29 is 4.79 Å². The van der Waals surface area contributed by atoms with Crippen molar-refractivity contribution in [2.45, 2.75) is 19.8 Å². The van der Waals surface area contributed by atoms with Gasteiger partial charge in [0.2, 0.25) is 0 Å². The molecule has 1 nitrogen and oxygen atoms in total. The van der Waals surface area contributed by atoms with Crippen molar-refractivity contribution in [3.63, 3.8) is 0 Å². The van der Waals surface area contributed by atoms with Crippen molar-refractivity contribution in [1.29, 1.82) is 0 Å². The third kappa shape index (κ3) is 3.88. The summed E-state index contributed by atoms with van der Waals surface area (Å²) in [5, 5.41) is 0. The van der Waals surface area contributed by atoms with E-state index in [1.165, 1.54) is 5.56 Å². The van der Waals surface area contributed by atoms with Crippen LogP contribution in [-0.2, 0) is 4.79 Å². The molecule has 0 saturated heterocycles. The molecule has 0 radical (unpaired) electrons. The summed E-state index contributed by atoms with van der Waals surface area (Å²) in [5.74, 6) is 1.90. The predicted octanol–water partition coefficient (Wildman–Crippen LogP) is 3.26. The van der Waals surface area contributed by atoms with Crippen LogP contribution in [0.2, 0.25) is 0 Å². The van der Waals surface area contributed by atoms with Crippen LogP contribution >= 0.6 is 0 Å². The van der Waals surface area contributed by atoms with Gasteiger partial charge >= 0.3 is 0 Å². The molecule has 0 spiro atoms. The minimum atomic E-state index is 0.780. The molecule has 0 aliphatic heterocycles. The van der Waals surface area contributed by atoms with E-state index >= 15 is 0 Å². The van der Waals surface area contributed by atoms with Crippen molar-refractivity contribution in [3.8, 4) is 0 Å². The lowest BCUT2D eigenvalue weighted by Gasteiger charge is -1.92. The molecule has 0 bridgehead atoms. The highest BCUT2D eigenvalue weighted by Crippen LogP contribution is 2.05. The monoisotopic (exact) mass is 186 g/mol. The summed E-state index contributed by atoms with van der Waals surface area (Å²) in [7, 11) is 0. The summed E-state index contributed by atoms with van der Waals surface area (Å²) in [5.41, 5.74) is 1.97. The van der Waals surface area contributed by atoms with Gasteiger partial charge in [-0.2, -0.15) is 0 Å². The lowest BCUT2D eigenvalue weighted by molar-refractivity contribution is 0.566. The maximum atomic E-state index is 10.2. The Balaban J connectivity index is 2.39. The fourth-order valence-electron chi connectivity index (χ4n) is 1.13. The Bertz CT molecular complexity index is 343. The van der Waals surface area contributed by atoms with Gasteiger partial charge < -0.3 is 0 Å². The molecule has 1 aromatic rings. The third-order valence-electron chi connectivity index (χ3n) is 1.97. The Morgan fingerprint density at radius 3 is 2.71 bits per heavy atom. The molecule has 1 rings (SSSR count). The standard InChI is InChI=1S/C13H14O/c1-12(11-14)7-5-6-10-13-8-3-2-4-9-13/h2-4,6,8-10H,5,7H2,1H3/b10-6+. The Kier molecular flexibility index (Phi) is 4.46. The molecule has 0 aliphatic rings. The average molecular weight is 186 g/mol. The van der Waals surface area contributed by atoms with Gasteiger partial charge in [0.1, 0.15) is 5.94 Å². The minimum Gasteiger partial charge on any atom is -0.234 e. The van der Waals surface area contributed by atoms with Crippen LogP contribution in [0.15, 0.2) is 42.0 Å². The second-order valence-corrected chi connectivity index (χ2v) is 3.23. The van der Waals surface area contributed by atoms with Crippen LogP contribution in [0.4, 0.5) is 0 Å². The number of rotatable bonds is 4. The summed E-state index contributed by atoms with van der Waals surface area (Å²) >= 11 is 0. The molecular weight excluding hydrogens is 172 g/mol. The van der Waals surface area contributed by atoms with Gasteiger partial charge in [0.15, 0.2) is 0 Å². The summed E-state index contributed by atoms with van der Waals surface area (Å²) in [6.45, 7) is 1.81. The van der Waals surface area contributed by atoms with Crippen LogP contribution < -0.4 is 0 Å². The van der Waals surface area contributed by atoms with Gasteiger partial charge in [0, 0.05) is 5.57 Å². The zero-order valence-corrected chi connectivity index (χ0v) is 8.36. The first-order valence-electron chi connectivity index (χ1n) is 4.75. The summed E-state index contributed by atoms with van der Waals surface area (Å²) < 4.78 is 0. The highest BCUT2D eigenvalue weighted by Gasteiger charge is 1.87. The average Bonchev–Trinajstić information content (AvgIpc) is 2.25. The lowest BCUT2D eigenvalue weighted by atomic mass is 10.1. The predicted molar refractivity (Wildman–Crippen MR) is 59.6 cm³/mol. The second kappa shape index (κ2) is 5.95. The van der Waals surface area contributed by atoms with Crippen LogP contribution in [0.25, 0.3) is 6.08 Å². The Morgan fingerprint density at radius 1 is 1.36 bits per heavy atom. The molecule has 0 heterocycles. The fraction of sp³-hybridized carbons (Fsp3) is 0.231. The van der Waals surface area contributed by atoms with E-state index in [0.717, 1.165) is 18.4 Å². The first-order chi connectivity index (χ1) is 6.83. The highest BCUT2D eigenvalue weighted by atomic mass is 16.1. The van der Waals surface area contributed by atoms with Gasteiger partial charge in [-0.15, -0.1) is 0 Å². The maximum Gasteiger partial charge on any atom is 0.123 e. The molecule has 0 unspecified atom stereocenters. The molecular formula is C13H14O. The van der Waals surface area contributed by atoms with Gasteiger partial charge in [-0.3, -0.25) is 0 Å². The highest BCUT2D eigenvalue weighted by molar-refractivity contribution is 5.52. The normalized spacial score (nSPS) is 10.1. The van der Waals surface area contributed by atoms with Crippen LogP contribution in [0.3, 0.4) is 0 Å². The molecule has 0 saturated carbocycles. The van der Waals surface area contributed by atoms with Crippen molar-refractivity contribution in [2.75, 3.05) is 0 Å². The van der Waals surface area contributed by atoms with Gasteiger partial charge in [0.25, 0.3) is 0 Å². The number of hydrogen-bond acceptors (Lipinski definition) is 1. The topological polar surface area (TPSA) is 17.1 Å². The zero-order valence-electron chi connectivity index (χ0n) is 8.36. The number of hydrogen-bond donors (Lipinski definition) is 0. The van der Waals surface area contributed by atoms with Crippen molar-refractivity contribution in [1.82, 2.24) is 0 Å². The Labute approximate surface area is 84.8 Å². The first-order valence-corrected chi connectivity index (χ1v) is 4.75. The van der Waals surface area contributed by atoms with E-state index in [2.05, 4.69) is 24.3 Å². The summed E-state index contributed by atoms with van der Waals surface area (Å²) in [4.78, 5) is 10.2. The van der Waals surface area contributed by atoms with Crippen molar-refractivity contribution >= 4 is 12.0 Å². The molecule has 0 amide bonds. The van der Waals surface area contributed by atoms with E-state index in [9.17, 15) is 4.79 Å². The second-order valence-electron chi connectivity index (χ2n) is 3.23. The number of carbonyl (C=O) groups excluding carboxylic acids is 1. The number of allylic oxidation sites excluding steroid dienone is 2. The molecule has 72 valence electrons. The quantitative estimate of drug-likeness (QED) is 0.659. The Morgan fingerprint density at radius 2 is 2.07 bits per heavy atom. The first kappa shape index (κ1) is 10.5. The molecule has 0 fully saturated rings. The Hall–Kier alpha value is -1.59. The fourth-order valence-corrected chi connectivity index (χ4v) is 1.13. The lowest BCUT2D eigenvalue weighted by Crippen LogP contribution is -1.75. The van der Waals surface area contributed by atoms with Gasteiger partial charge in [-0.05, 0) is 25.3 Å². The largest absolute Gasteiger partial charge is 0.234 e.